The number of amidine groups is 1. The number of fused-ring (bicyclic) bond motifs is 1. The van der Waals surface area contributed by atoms with Gasteiger partial charge in [-0.2, -0.15) is 0 Å². The minimum atomic E-state index is -1.24. The molecule has 5 N–H and O–H groups in total. The predicted molar refractivity (Wildman–Crippen MR) is 153 cm³/mol. The van der Waals surface area contributed by atoms with Crippen LogP contribution in [0.3, 0.4) is 0 Å². The summed E-state index contributed by atoms with van der Waals surface area (Å²) in [5.74, 6) is -2.06. The molecule has 212 valence electrons. The molecule has 40 heavy (non-hydrogen) atoms. The van der Waals surface area contributed by atoms with E-state index in [9.17, 15) is 19.2 Å². The molecule has 12 heteroatoms. The molecule has 1 aliphatic rings. The molecule has 1 unspecified atom stereocenters. The fourth-order valence-corrected chi connectivity index (χ4v) is 5.00. The highest BCUT2D eigenvalue weighted by Crippen LogP contribution is 2.31. The molecule has 1 atom stereocenters. The Morgan fingerprint density at radius 2 is 1.88 bits per heavy atom. The number of nitrogen functional groups attached to an aromatic ring is 1. The molecule has 4 rings (SSSR count). The molecular weight excluding hydrogens is 536 g/mol. The second-order valence-corrected chi connectivity index (χ2v) is 10.2. The fraction of sp³-hybridized carbons (Fsp3) is 0.357. The van der Waals surface area contributed by atoms with Crippen LogP contribution < -0.4 is 11.3 Å². The maximum atomic E-state index is 13.8. The van der Waals surface area contributed by atoms with Gasteiger partial charge in [-0.05, 0) is 49.1 Å². The molecule has 2 aromatic carbocycles. The number of amides is 2. The maximum Gasteiger partial charge on any atom is 0.312 e. The molecule has 0 bridgehead atoms. The highest BCUT2D eigenvalue weighted by atomic mass is 35.5. The van der Waals surface area contributed by atoms with E-state index in [0.29, 0.717) is 35.2 Å². The maximum absolute atomic E-state index is 13.8. The number of H-pyrrole nitrogens is 1. The number of likely N-dealkylation sites (tertiary alicyclic amines) is 1. The van der Waals surface area contributed by atoms with Crippen molar-refractivity contribution in [1.82, 2.24) is 19.8 Å². The van der Waals surface area contributed by atoms with Gasteiger partial charge in [0.2, 0.25) is 11.8 Å². The number of carbonyl (C=O) groups is 3. The van der Waals surface area contributed by atoms with E-state index in [1.165, 1.54) is 11.9 Å². The van der Waals surface area contributed by atoms with Crippen LogP contribution in [-0.2, 0) is 26.2 Å². The number of hydrogen-bond donors (Lipinski definition) is 4. The van der Waals surface area contributed by atoms with Crippen molar-refractivity contribution in [3.05, 3.63) is 75.2 Å². The number of aliphatic carboxylic acids is 1. The summed E-state index contributed by atoms with van der Waals surface area (Å²) in [5.41, 5.74) is 7.23. The van der Waals surface area contributed by atoms with Crippen molar-refractivity contribution in [2.75, 3.05) is 26.7 Å². The molecule has 0 radical (unpaired) electrons. The topological polar surface area (TPSA) is 174 Å². The number of carboxylic acids is 1. The fourth-order valence-electron chi connectivity index (χ4n) is 5.00. The van der Waals surface area contributed by atoms with Gasteiger partial charge in [0.15, 0.2) is 0 Å². The number of nitrogens with zero attached hydrogens (tertiary/aromatic N) is 3. The molecule has 2 heterocycles. The minimum absolute atomic E-state index is 0. The standard InChI is InChI=1S/C28H32N6O5.ClH/c1-28(27(39)34-10-3-4-11-34,16-33(2)23(35)15-24(36)37)19-8-9-20-21(14-19)31-22(26(38)32-20)13-17-6-5-7-18(12-17)25(29)30;/h5-9,12,14H,3-4,10-11,13,15-16H2,1-2H3,(H3,29,30)(H,32,38)(H,36,37);1H. The van der Waals surface area contributed by atoms with Crippen LogP contribution in [0.5, 0.6) is 0 Å². The van der Waals surface area contributed by atoms with E-state index in [2.05, 4.69) is 9.97 Å². The molecule has 11 nitrogen and oxygen atoms in total. The summed E-state index contributed by atoms with van der Waals surface area (Å²) in [6.45, 7) is 2.96. The van der Waals surface area contributed by atoms with Crippen LogP contribution in [0.1, 0.15) is 48.6 Å². The first-order valence-electron chi connectivity index (χ1n) is 12.7. The Hall–Kier alpha value is -4.25. The van der Waals surface area contributed by atoms with Crippen molar-refractivity contribution in [3.63, 3.8) is 0 Å². The highest BCUT2D eigenvalue weighted by Gasteiger charge is 2.41. The van der Waals surface area contributed by atoms with Gasteiger partial charge in [-0.1, -0.05) is 24.3 Å². The first-order chi connectivity index (χ1) is 18.5. The summed E-state index contributed by atoms with van der Waals surface area (Å²) in [4.78, 5) is 60.7. The number of nitrogens with two attached hydrogens (primary N) is 1. The summed E-state index contributed by atoms with van der Waals surface area (Å²) in [6.07, 6.45) is 1.33. The van der Waals surface area contributed by atoms with Gasteiger partial charge in [0.1, 0.15) is 18.0 Å². The van der Waals surface area contributed by atoms with Crippen LogP contribution in [0.15, 0.2) is 47.3 Å². The van der Waals surface area contributed by atoms with Gasteiger partial charge in [-0.15, -0.1) is 12.4 Å². The van der Waals surface area contributed by atoms with Gasteiger partial charge < -0.3 is 25.6 Å². The van der Waals surface area contributed by atoms with Crippen molar-refractivity contribution >= 4 is 47.1 Å². The zero-order chi connectivity index (χ0) is 28.3. The van der Waals surface area contributed by atoms with E-state index in [1.807, 2.05) is 6.07 Å². The Morgan fingerprint density at radius 1 is 1.18 bits per heavy atom. The minimum Gasteiger partial charge on any atom is -0.481 e. The largest absolute Gasteiger partial charge is 0.481 e. The molecule has 0 aliphatic carbocycles. The molecule has 3 aromatic rings. The lowest BCUT2D eigenvalue weighted by Crippen LogP contribution is -2.51. The Balaban J connectivity index is 0.00000441. The van der Waals surface area contributed by atoms with Crippen molar-refractivity contribution < 1.29 is 19.5 Å². The summed E-state index contributed by atoms with van der Waals surface area (Å²) < 4.78 is 0. The third kappa shape index (κ3) is 6.48. The van der Waals surface area contributed by atoms with Crippen LogP contribution in [0, 0.1) is 5.41 Å². The number of carboxylic acid groups (broad SMARTS) is 1. The second kappa shape index (κ2) is 12.3. The van der Waals surface area contributed by atoms with Crippen molar-refractivity contribution in [2.24, 2.45) is 5.73 Å². The first-order valence-corrected chi connectivity index (χ1v) is 12.7. The van der Waals surface area contributed by atoms with Crippen LogP contribution in [-0.4, -0.2) is 75.2 Å². The van der Waals surface area contributed by atoms with Crippen LogP contribution in [0.4, 0.5) is 0 Å². The molecule has 0 saturated carbocycles. The van der Waals surface area contributed by atoms with Gasteiger partial charge in [0.25, 0.3) is 5.56 Å². The number of carbonyl (C=O) groups excluding carboxylic acids is 2. The van der Waals surface area contributed by atoms with E-state index in [-0.39, 0.29) is 48.4 Å². The second-order valence-electron chi connectivity index (χ2n) is 10.2. The number of nitrogens with one attached hydrogen (secondary N) is 2. The van der Waals surface area contributed by atoms with Gasteiger partial charge in [0.05, 0.1) is 16.4 Å². The van der Waals surface area contributed by atoms with E-state index >= 15 is 0 Å². The van der Waals surface area contributed by atoms with Crippen LogP contribution in [0.25, 0.3) is 11.0 Å². The summed E-state index contributed by atoms with van der Waals surface area (Å²) in [6, 6.07) is 12.2. The Bertz CT molecular complexity index is 1520. The molecule has 1 fully saturated rings. The number of benzene rings is 2. The molecule has 0 spiro atoms. The number of hydrogen-bond acceptors (Lipinski definition) is 6. The Kier molecular flexibility index (Phi) is 9.31. The van der Waals surface area contributed by atoms with Gasteiger partial charge >= 0.3 is 5.97 Å². The van der Waals surface area contributed by atoms with Crippen molar-refractivity contribution in [1.29, 1.82) is 5.41 Å². The van der Waals surface area contributed by atoms with E-state index < -0.39 is 23.7 Å². The Labute approximate surface area is 237 Å². The molecule has 1 aromatic heterocycles. The zero-order valence-electron chi connectivity index (χ0n) is 22.4. The number of aromatic nitrogens is 2. The first kappa shape index (κ1) is 30.3. The van der Waals surface area contributed by atoms with E-state index in [1.54, 1.807) is 48.2 Å². The average Bonchev–Trinajstić information content (AvgIpc) is 3.43. The lowest BCUT2D eigenvalue weighted by atomic mass is 9.80. The van der Waals surface area contributed by atoms with E-state index in [0.717, 1.165) is 18.4 Å². The number of rotatable bonds is 9. The smallest absolute Gasteiger partial charge is 0.312 e. The monoisotopic (exact) mass is 568 g/mol. The third-order valence-electron chi connectivity index (χ3n) is 7.16. The van der Waals surface area contributed by atoms with Crippen LogP contribution >= 0.6 is 12.4 Å². The third-order valence-corrected chi connectivity index (χ3v) is 7.16. The average molecular weight is 569 g/mol. The van der Waals surface area contributed by atoms with Gasteiger partial charge in [-0.3, -0.25) is 24.6 Å². The lowest BCUT2D eigenvalue weighted by Gasteiger charge is -2.36. The summed E-state index contributed by atoms with van der Waals surface area (Å²) in [5, 5.41) is 16.7. The van der Waals surface area contributed by atoms with Crippen molar-refractivity contribution in [2.45, 2.75) is 38.0 Å². The molecular formula is C28H33ClN6O5. The summed E-state index contributed by atoms with van der Waals surface area (Å²) in [7, 11) is 1.49. The van der Waals surface area contributed by atoms with Gasteiger partial charge in [-0.25, -0.2) is 4.98 Å². The normalized spacial score (nSPS) is 14.3. The molecule has 1 saturated heterocycles. The van der Waals surface area contributed by atoms with Gasteiger partial charge in [0, 0.05) is 38.7 Å². The summed E-state index contributed by atoms with van der Waals surface area (Å²) >= 11 is 0. The van der Waals surface area contributed by atoms with Crippen molar-refractivity contribution in [3.8, 4) is 0 Å². The predicted octanol–water partition coefficient (Wildman–Crippen LogP) is 2.03. The molecule has 1 aliphatic heterocycles. The molecule has 2 amide bonds. The van der Waals surface area contributed by atoms with Crippen LogP contribution in [0.2, 0.25) is 0 Å². The number of aromatic amines is 1. The Morgan fingerprint density at radius 3 is 2.52 bits per heavy atom. The van der Waals surface area contributed by atoms with E-state index in [4.69, 9.17) is 16.2 Å². The SMILES string of the molecule is CN(CC(C)(C(=O)N1CCCC1)c1ccc2[nH]c(=O)c(Cc3cccc(C(=N)N)c3)nc2c1)C(=O)CC(=O)O.Cl. The number of likely N-dealkylation sites (N-methyl/N-ethyl adjacent to an activating group) is 1. The lowest BCUT2D eigenvalue weighted by molar-refractivity contribution is -0.144. The zero-order valence-corrected chi connectivity index (χ0v) is 23.2. The number of halogens is 1. The highest BCUT2D eigenvalue weighted by molar-refractivity contribution is 5.95. The quantitative estimate of drug-likeness (QED) is 0.173.